The van der Waals surface area contributed by atoms with Crippen molar-refractivity contribution in [3.8, 4) is 0 Å². The molecule has 0 aromatic rings. The number of halogens is 1. The monoisotopic (exact) mass is 288 g/mol. The highest BCUT2D eigenvalue weighted by Crippen LogP contribution is 2.17. The largest absolute Gasteiger partial charge is 0.507 e. The summed E-state index contributed by atoms with van der Waals surface area (Å²) in [5.41, 5.74) is 0.982. The molecule has 70 valence electrons. The van der Waals surface area contributed by atoms with E-state index in [2.05, 4.69) is 11.0 Å². The van der Waals surface area contributed by atoms with Gasteiger partial charge in [-0.25, -0.2) is 0 Å². The first-order chi connectivity index (χ1) is 6.29. The molecule has 1 aliphatic carbocycles. The Morgan fingerprint density at radius 2 is 2.08 bits per heavy atom. The van der Waals surface area contributed by atoms with E-state index in [-0.39, 0.29) is 20.7 Å². The molecule has 0 aliphatic heterocycles. The van der Waals surface area contributed by atoms with E-state index in [1.165, 1.54) is 3.51 Å². The normalized spacial score (nSPS) is 23.7. The minimum atomic E-state index is 0.0280. The van der Waals surface area contributed by atoms with Crippen LogP contribution in [0, 0.1) is 0 Å². The van der Waals surface area contributed by atoms with Crippen molar-refractivity contribution in [1.82, 2.24) is 0 Å². The van der Waals surface area contributed by atoms with Crippen molar-refractivity contribution in [2.24, 2.45) is 0 Å². The highest BCUT2D eigenvalue weighted by atomic mass is 127. The third-order valence-corrected chi connectivity index (χ3v) is 3.78. The standard InChI is InChI=1S/C11H13IO/c1-3-6-11(13)9-7-4-5-8-10(9)12-2/h3-8,13H,1-2H3/b6-3-,11-9+. The molecule has 1 rings (SSSR count). The maximum Gasteiger partial charge on any atom is 0.123 e. The Morgan fingerprint density at radius 3 is 2.69 bits per heavy atom. The number of allylic oxidation sites excluding steroid dienone is 7. The molecule has 0 aromatic carbocycles. The maximum absolute atomic E-state index is 9.68. The number of hydrogen-bond donors (Lipinski definition) is 1. The molecule has 1 aliphatic rings. The fourth-order valence-electron chi connectivity index (χ4n) is 1.08. The van der Waals surface area contributed by atoms with Gasteiger partial charge in [-0.3, -0.25) is 0 Å². The number of aliphatic hydroxyl groups is 1. The zero-order chi connectivity index (χ0) is 9.68. The molecule has 0 atom stereocenters. The summed E-state index contributed by atoms with van der Waals surface area (Å²) in [6.45, 7) is 1.90. The molecule has 0 bridgehead atoms. The predicted octanol–water partition coefficient (Wildman–Crippen LogP) is 3.27. The molecule has 0 amide bonds. The maximum atomic E-state index is 9.68. The Hall–Kier alpha value is -0.640. The van der Waals surface area contributed by atoms with Crippen LogP contribution < -0.4 is 0 Å². The van der Waals surface area contributed by atoms with Crippen LogP contribution in [0.4, 0.5) is 0 Å². The molecule has 0 aromatic heterocycles. The van der Waals surface area contributed by atoms with Gasteiger partial charge in [0, 0.05) is 9.08 Å². The van der Waals surface area contributed by atoms with Gasteiger partial charge in [-0.2, -0.15) is 0 Å². The minimum absolute atomic E-state index is 0.0280. The van der Waals surface area contributed by atoms with E-state index < -0.39 is 0 Å². The molecule has 0 heterocycles. The lowest BCUT2D eigenvalue weighted by Gasteiger charge is -2.07. The van der Waals surface area contributed by atoms with Gasteiger partial charge in [0.1, 0.15) is 5.76 Å². The van der Waals surface area contributed by atoms with Crippen molar-refractivity contribution < 1.29 is 5.11 Å². The lowest BCUT2D eigenvalue weighted by atomic mass is 10.1. The Bertz CT molecular complexity index is 330. The van der Waals surface area contributed by atoms with Crippen molar-refractivity contribution in [2.75, 3.05) is 4.93 Å². The molecule has 0 fully saturated rings. The van der Waals surface area contributed by atoms with Gasteiger partial charge in [-0.15, -0.1) is 20.7 Å². The minimum Gasteiger partial charge on any atom is -0.507 e. The summed E-state index contributed by atoms with van der Waals surface area (Å²) in [6.07, 6.45) is 11.6. The smallest absolute Gasteiger partial charge is 0.123 e. The Morgan fingerprint density at radius 1 is 1.38 bits per heavy atom. The summed E-state index contributed by atoms with van der Waals surface area (Å²) in [4.78, 5) is 2.20. The molecule has 0 saturated carbocycles. The zero-order valence-corrected chi connectivity index (χ0v) is 9.95. The van der Waals surface area contributed by atoms with Gasteiger partial charge in [0.05, 0.1) is 0 Å². The highest BCUT2D eigenvalue weighted by Gasteiger charge is 2.05. The summed E-state index contributed by atoms with van der Waals surface area (Å²) < 4.78 is 1.29. The molecular weight excluding hydrogens is 275 g/mol. The van der Waals surface area contributed by atoms with Gasteiger partial charge in [0.25, 0.3) is 0 Å². The lowest BCUT2D eigenvalue weighted by Crippen LogP contribution is -2.00. The van der Waals surface area contributed by atoms with Crippen molar-refractivity contribution in [3.63, 3.8) is 0 Å². The molecule has 13 heavy (non-hydrogen) atoms. The third-order valence-electron chi connectivity index (χ3n) is 1.68. The van der Waals surface area contributed by atoms with Crippen molar-refractivity contribution >= 4 is 24.2 Å². The number of hydrogen-bond acceptors (Lipinski definition) is 1. The van der Waals surface area contributed by atoms with Crippen LogP contribution in [-0.2, 0) is 0 Å². The van der Waals surface area contributed by atoms with E-state index >= 15 is 0 Å². The van der Waals surface area contributed by atoms with Crippen LogP contribution in [0.15, 0.2) is 47.8 Å². The van der Waals surface area contributed by atoms with Gasteiger partial charge in [-0.1, -0.05) is 24.3 Å². The topological polar surface area (TPSA) is 20.2 Å². The van der Waals surface area contributed by atoms with Gasteiger partial charge in [0.2, 0.25) is 0 Å². The molecule has 0 saturated heterocycles. The predicted molar refractivity (Wildman–Crippen MR) is 67.7 cm³/mol. The second-order valence-corrected chi connectivity index (χ2v) is 4.80. The lowest BCUT2D eigenvalue weighted by molar-refractivity contribution is 0.430. The fourth-order valence-corrected chi connectivity index (χ4v) is 2.69. The van der Waals surface area contributed by atoms with Gasteiger partial charge < -0.3 is 5.11 Å². The molecule has 0 radical (unpaired) electrons. The highest BCUT2D eigenvalue weighted by molar-refractivity contribution is 14.2. The Kier molecular flexibility index (Phi) is 4.15. The van der Waals surface area contributed by atoms with Crippen LogP contribution in [0.25, 0.3) is 0 Å². The van der Waals surface area contributed by atoms with Gasteiger partial charge in [-0.05, 0) is 24.0 Å². The van der Waals surface area contributed by atoms with Gasteiger partial charge in [0.15, 0.2) is 0 Å². The Balaban J connectivity index is 3.10. The fraction of sp³-hybridized carbons (Fsp3) is 0.182. The second-order valence-electron chi connectivity index (χ2n) is 2.55. The first kappa shape index (κ1) is 10.4. The van der Waals surface area contributed by atoms with E-state index in [4.69, 9.17) is 0 Å². The summed E-state index contributed by atoms with van der Waals surface area (Å²) in [6, 6.07) is 0. The van der Waals surface area contributed by atoms with Crippen LogP contribution in [0.1, 0.15) is 6.92 Å². The van der Waals surface area contributed by atoms with E-state index in [0.29, 0.717) is 5.76 Å². The van der Waals surface area contributed by atoms with Crippen molar-refractivity contribution in [2.45, 2.75) is 6.92 Å². The van der Waals surface area contributed by atoms with Crippen LogP contribution in [-0.4, -0.2) is 13.5 Å². The second kappa shape index (κ2) is 5.17. The zero-order valence-electron chi connectivity index (χ0n) is 7.79. The van der Waals surface area contributed by atoms with Crippen LogP contribution in [0.3, 0.4) is 0 Å². The average molecular weight is 288 g/mol. The molecule has 1 nitrogen and oxygen atoms in total. The van der Waals surface area contributed by atoms with E-state index in [0.717, 1.165) is 5.57 Å². The van der Waals surface area contributed by atoms with E-state index in [1.807, 2.05) is 31.2 Å². The van der Waals surface area contributed by atoms with Crippen LogP contribution in [0.2, 0.25) is 0 Å². The van der Waals surface area contributed by atoms with E-state index in [1.54, 1.807) is 6.08 Å². The number of alkyl halides is 1. The molecule has 1 N–H and O–H groups in total. The number of rotatable bonds is 1. The number of aliphatic hydroxyl groups excluding tert-OH is 1. The molecule has 2 heteroatoms. The Labute approximate surface area is 88.9 Å². The van der Waals surface area contributed by atoms with Gasteiger partial charge >= 0.3 is 0 Å². The first-order valence-corrected chi connectivity index (χ1v) is 7.30. The van der Waals surface area contributed by atoms with Crippen LogP contribution in [0.5, 0.6) is 0 Å². The summed E-state index contributed by atoms with van der Waals surface area (Å²) in [5, 5.41) is 9.68. The molecule has 0 spiro atoms. The summed E-state index contributed by atoms with van der Waals surface area (Å²) in [7, 11) is 0. The summed E-state index contributed by atoms with van der Waals surface area (Å²) >= 11 is 0.0280. The van der Waals surface area contributed by atoms with Crippen molar-refractivity contribution in [3.05, 3.63) is 47.8 Å². The SMILES string of the molecule is C/C=C\C(O)=C1\C=CC=CC1=IC. The third kappa shape index (κ3) is 2.66. The molecule has 0 unspecified atom stereocenters. The first-order valence-electron chi connectivity index (χ1n) is 4.07. The van der Waals surface area contributed by atoms with E-state index in [9.17, 15) is 5.11 Å². The average Bonchev–Trinajstić information content (AvgIpc) is 2.18. The van der Waals surface area contributed by atoms with Crippen molar-refractivity contribution in [1.29, 1.82) is 0 Å². The summed E-state index contributed by atoms with van der Waals surface area (Å²) in [5.74, 6) is 0.375. The van der Waals surface area contributed by atoms with Crippen LogP contribution >= 0.6 is 20.7 Å². The molecular formula is C11H13IO. The quantitative estimate of drug-likeness (QED) is 0.446.